The maximum absolute atomic E-state index is 11.1. The molecule has 0 heterocycles. The van der Waals surface area contributed by atoms with Crippen LogP contribution in [0.25, 0.3) is 0 Å². The van der Waals surface area contributed by atoms with Crippen molar-refractivity contribution in [2.75, 3.05) is 19.6 Å². The van der Waals surface area contributed by atoms with Crippen molar-refractivity contribution in [3.05, 3.63) is 0 Å². The highest BCUT2D eigenvalue weighted by atomic mass is 16.3. The van der Waals surface area contributed by atoms with Gasteiger partial charge in [0.1, 0.15) is 0 Å². The average Bonchev–Trinajstić information content (AvgIpc) is 2.85. The largest absolute Gasteiger partial charge is 0.392 e. The lowest BCUT2D eigenvalue weighted by Gasteiger charge is -2.07. The van der Waals surface area contributed by atoms with Crippen LogP contribution in [0.5, 0.6) is 0 Å². The SMILES string of the molecule is C[C@@H](O)CNCCNC(=O)C1CC1. The maximum Gasteiger partial charge on any atom is 0.223 e. The van der Waals surface area contributed by atoms with E-state index in [9.17, 15) is 4.79 Å². The minimum Gasteiger partial charge on any atom is -0.392 e. The molecular weight excluding hydrogens is 168 g/mol. The van der Waals surface area contributed by atoms with Crippen LogP contribution in [-0.2, 0) is 4.79 Å². The van der Waals surface area contributed by atoms with Gasteiger partial charge in [0.05, 0.1) is 6.10 Å². The van der Waals surface area contributed by atoms with Gasteiger partial charge in [-0.1, -0.05) is 0 Å². The second-order valence-corrected chi connectivity index (χ2v) is 3.62. The molecule has 0 aliphatic heterocycles. The molecule has 0 spiro atoms. The van der Waals surface area contributed by atoms with Gasteiger partial charge in [-0.15, -0.1) is 0 Å². The van der Waals surface area contributed by atoms with Crippen molar-refractivity contribution >= 4 is 5.91 Å². The summed E-state index contributed by atoms with van der Waals surface area (Å²) in [5, 5.41) is 14.8. The van der Waals surface area contributed by atoms with Crippen molar-refractivity contribution in [1.29, 1.82) is 0 Å². The Hall–Kier alpha value is -0.610. The van der Waals surface area contributed by atoms with E-state index in [1.165, 1.54) is 0 Å². The van der Waals surface area contributed by atoms with Crippen molar-refractivity contribution in [2.45, 2.75) is 25.9 Å². The second-order valence-electron chi connectivity index (χ2n) is 3.62. The Balaban J connectivity index is 1.86. The molecule has 1 aliphatic rings. The molecule has 1 aliphatic carbocycles. The van der Waals surface area contributed by atoms with Crippen molar-refractivity contribution in [2.24, 2.45) is 5.92 Å². The normalized spacial score (nSPS) is 18.3. The van der Waals surface area contributed by atoms with Crippen LogP contribution in [0.15, 0.2) is 0 Å². The van der Waals surface area contributed by atoms with E-state index in [0.29, 0.717) is 13.1 Å². The molecule has 0 aromatic rings. The quantitative estimate of drug-likeness (QED) is 0.489. The highest BCUT2D eigenvalue weighted by Gasteiger charge is 2.28. The zero-order valence-corrected chi connectivity index (χ0v) is 8.05. The van der Waals surface area contributed by atoms with Gasteiger partial charge in [0.2, 0.25) is 5.91 Å². The van der Waals surface area contributed by atoms with Gasteiger partial charge < -0.3 is 15.7 Å². The average molecular weight is 186 g/mol. The van der Waals surface area contributed by atoms with E-state index in [1.807, 2.05) is 0 Å². The lowest BCUT2D eigenvalue weighted by Crippen LogP contribution is -2.35. The van der Waals surface area contributed by atoms with Gasteiger partial charge in [0.25, 0.3) is 0 Å². The number of carbonyl (C=O) groups is 1. The number of amides is 1. The van der Waals surface area contributed by atoms with Crippen LogP contribution < -0.4 is 10.6 Å². The fourth-order valence-electron chi connectivity index (χ4n) is 1.07. The van der Waals surface area contributed by atoms with E-state index in [2.05, 4.69) is 10.6 Å². The predicted octanol–water partition coefficient (Wildman–Crippen LogP) is -0.517. The summed E-state index contributed by atoms with van der Waals surface area (Å²) < 4.78 is 0. The summed E-state index contributed by atoms with van der Waals surface area (Å²) in [7, 11) is 0. The van der Waals surface area contributed by atoms with Gasteiger partial charge in [-0.3, -0.25) is 4.79 Å². The Morgan fingerprint density at radius 1 is 1.54 bits per heavy atom. The number of rotatable bonds is 6. The number of hydrogen-bond acceptors (Lipinski definition) is 3. The van der Waals surface area contributed by atoms with Gasteiger partial charge in [0.15, 0.2) is 0 Å². The third-order valence-corrected chi connectivity index (χ3v) is 1.99. The Morgan fingerprint density at radius 3 is 2.77 bits per heavy atom. The van der Waals surface area contributed by atoms with Gasteiger partial charge in [-0.25, -0.2) is 0 Å². The molecule has 0 saturated heterocycles. The van der Waals surface area contributed by atoms with Crippen LogP contribution in [0.1, 0.15) is 19.8 Å². The fourth-order valence-corrected chi connectivity index (χ4v) is 1.07. The number of hydrogen-bond donors (Lipinski definition) is 3. The smallest absolute Gasteiger partial charge is 0.223 e. The molecule has 0 radical (unpaired) electrons. The molecule has 0 bridgehead atoms. The van der Waals surface area contributed by atoms with E-state index < -0.39 is 0 Å². The lowest BCUT2D eigenvalue weighted by atomic mass is 10.4. The fraction of sp³-hybridized carbons (Fsp3) is 0.889. The molecule has 0 aromatic heterocycles. The first kappa shape index (κ1) is 10.5. The van der Waals surface area contributed by atoms with E-state index >= 15 is 0 Å². The Kier molecular flexibility index (Phi) is 4.18. The molecular formula is C9H18N2O2. The minimum atomic E-state index is -0.320. The summed E-state index contributed by atoms with van der Waals surface area (Å²) >= 11 is 0. The molecule has 4 heteroatoms. The summed E-state index contributed by atoms with van der Waals surface area (Å²) in [4.78, 5) is 11.1. The van der Waals surface area contributed by atoms with Gasteiger partial charge in [-0.2, -0.15) is 0 Å². The predicted molar refractivity (Wildman–Crippen MR) is 50.3 cm³/mol. The van der Waals surface area contributed by atoms with Crippen molar-refractivity contribution in [3.8, 4) is 0 Å². The molecule has 4 nitrogen and oxygen atoms in total. The Bertz CT molecular complexity index is 167. The highest BCUT2D eigenvalue weighted by molar-refractivity contribution is 5.80. The van der Waals surface area contributed by atoms with Gasteiger partial charge >= 0.3 is 0 Å². The van der Waals surface area contributed by atoms with Gasteiger partial charge in [0, 0.05) is 25.6 Å². The molecule has 3 N–H and O–H groups in total. The first-order valence-corrected chi connectivity index (χ1v) is 4.86. The van der Waals surface area contributed by atoms with E-state index in [-0.39, 0.29) is 17.9 Å². The van der Waals surface area contributed by atoms with Crippen LogP contribution in [0, 0.1) is 5.92 Å². The summed E-state index contributed by atoms with van der Waals surface area (Å²) in [6, 6.07) is 0. The lowest BCUT2D eigenvalue weighted by molar-refractivity contribution is -0.122. The third kappa shape index (κ3) is 4.85. The highest BCUT2D eigenvalue weighted by Crippen LogP contribution is 2.28. The zero-order chi connectivity index (χ0) is 9.68. The Morgan fingerprint density at radius 2 is 2.23 bits per heavy atom. The van der Waals surface area contributed by atoms with Crippen LogP contribution in [-0.4, -0.2) is 36.8 Å². The molecule has 1 atom stereocenters. The topological polar surface area (TPSA) is 61.4 Å². The van der Waals surface area contributed by atoms with Crippen LogP contribution in [0.3, 0.4) is 0 Å². The van der Waals surface area contributed by atoms with E-state index in [0.717, 1.165) is 19.4 Å². The monoisotopic (exact) mass is 186 g/mol. The van der Waals surface area contributed by atoms with Crippen LogP contribution in [0.4, 0.5) is 0 Å². The zero-order valence-electron chi connectivity index (χ0n) is 8.05. The molecule has 0 aromatic carbocycles. The number of aliphatic hydroxyl groups excluding tert-OH is 1. The number of nitrogens with one attached hydrogen (secondary N) is 2. The van der Waals surface area contributed by atoms with Crippen molar-refractivity contribution in [1.82, 2.24) is 10.6 Å². The van der Waals surface area contributed by atoms with Crippen LogP contribution >= 0.6 is 0 Å². The van der Waals surface area contributed by atoms with Gasteiger partial charge in [-0.05, 0) is 19.8 Å². The molecule has 76 valence electrons. The Labute approximate surface area is 78.7 Å². The molecule has 1 rings (SSSR count). The van der Waals surface area contributed by atoms with Crippen molar-refractivity contribution in [3.63, 3.8) is 0 Å². The summed E-state index contributed by atoms with van der Waals surface area (Å²) in [6.45, 7) is 3.69. The first-order valence-electron chi connectivity index (χ1n) is 4.86. The maximum atomic E-state index is 11.1. The molecule has 1 fully saturated rings. The van der Waals surface area contributed by atoms with E-state index in [1.54, 1.807) is 6.92 Å². The molecule has 1 saturated carbocycles. The first-order chi connectivity index (χ1) is 6.20. The second kappa shape index (κ2) is 5.19. The van der Waals surface area contributed by atoms with E-state index in [4.69, 9.17) is 5.11 Å². The molecule has 0 unspecified atom stereocenters. The molecule has 1 amide bonds. The summed E-state index contributed by atoms with van der Waals surface area (Å²) in [5.41, 5.74) is 0. The molecule has 13 heavy (non-hydrogen) atoms. The standard InChI is InChI=1S/C9H18N2O2/c1-7(12)6-10-4-5-11-9(13)8-2-3-8/h7-8,10,12H,2-6H2,1H3,(H,11,13)/t7-/m1/s1. The number of aliphatic hydroxyl groups is 1. The van der Waals surface area contributed by atoms with Crippen LogP contribution in [0.2, 0.25) is 0 Å². The van der Waals surface area contributed by atoms with Crippen molar-refractivity contribution < 1.29 is 9.90 Å². The summed E-state index contributed by atoms with van der Waals surface area (Å²) in [5.74, 6) is 0.468. The summed E-state index contributed by atoms with van der Waals surface area (Å²) in [6.07, 6.45) is 1.78. The minimum absolute atomic E-state index is 0.179. The number of carbonyl (C=O) groups excluding carboxylic acids is 1. The third-order valence-electron chi connectivity index (χ3n) is 1.99.